The zero-order chi connectivity index (χ0) is 21.1. The third-order valence-corrected chi connectivity index (χ3v) is 7.03. The molecule has 0 amide bonds. The van der Waals surface area contributed by atoms with Gasteiger partial charge < -0.3 is 5.43 Å². The highest BCUT2D eigenvalue weighted by molar-refractivity contribution is 9.10. The maximum atomic E-state index is 13.1. The third kappa shape index (κ3) is 4.79. The molecule has 2 aromatic carbocycles. The predicted octanol–water partition coefficient (Wildman–Crippen LogP) is 5.99. The van der Waals surface area contributed by atoms with E-state index >= 15 is 0 Å². The SMILES string of the molecule is CCc1ccc(Br)cc1CCC(=O)c1cc2c(cc1C)NNC2NC1CCCCC1. The summed E-state index contributed by atoms with van der Waals surface area (Å²) in [6.07, 6.45) is 8.78. The lowest BCUT2D eigenvalue weighted by Gasteiger charge is -2.26. The first-order valence-corrected chi connectivity index (χ1v) is 12.1. The molecule has 30 heavy (non-hydrogen) atoms. The highest BCUT2D eigenvalue weighted by Gasteiger charge is 2.27. The van der Waals surface area contributed by atoms with E-state index in [-0.39, 0.29) is 11.9 Å². The first kappa shape index (κ1) is 21.5. The smallest absolute Gasteiger partial charge is 0.163 e. The minimum absolute atomic E-state index is 0.0621. The van der Waals surface area contributed by atoms with Crippen LogP contribution in [0.2, 0.25) is 0 Å². The minimum Gasteiger partial charge on any atom is -0.319 e. The zero-order valence-corrected chi connectivity index (χ0v) is 19.6. The van der Waals surface area contributed by atoms with Crippen molar-refractivity contribution in [1.29, 1.82) is 0 Å². The van der Waals surface area contributed by atoms with Crippen molar-refractivity contribution >= 4 is 27.4 Å². The van der Waals surface area contributed by atoms with Gasteiger partial charge >= 0.3 is 0 Å². The van der Waals surface area contributed by atoms with E-state index in [0.717, 1.165) is 39.7 Å². The van der Waals surface area contributed by atoms with Crippen LogP contribution >= 0.6 is 15.9 Å². The average molecular weight is 470 g/mol. The van der Waals surface area contributed by atoms with E-state index in [9.17, 15) is 4.79 Å². The van der Waals surface area contributed by atoms with E-state index in [0.29, 0.717) is 12.5 Å². The molecule has 1 saturated carbocycles. The number of benzene rings is 2. The van der Waals surface area contributed by atoms with Crippen molar-refractivity contribution in [2.24, 2.45) is 0 Å². The van der Waals surface area contributed by atoms with Crippen molar-refractivity contribution in [2.75, 3.05) is 5.43 Å². The van der Waals surface area contributed by atoms with Crippen LogP contribution in [-0.4, -0.2) is 11.8 Å². The normalized spacial score (nSPS) is 18.8. The van der Waals surface area contributed by atoms with E-state index in [2.05, 4.69) is 69.4 Å². The van der Waals surface area contributed by atoms with Gasteiger partial charge in [-0.1, -0.05) is 48.2 Å². The van der Waals surface area contributed by atoms with Gasteiger partial charge in [0, 0.05) is 28.1 Å². The maximum absolute atomic E-state index is 13.1. The zero-order valence-electron chi connectivity index (χ0n) is 18.0. The number of carbonyl (C=O) groups excluding carboxylic acids is 1. The predicted molar refractivity (Wildman–Crippen MR) is 127 cm³/mol. The van der Waals surface area contributed by atoms with Gasteiger partial charge in [-0.3, -0.25) is 10.1 Å². The summed E-state index contributed by atoms with van der Waals surface area (Å²) in [5, 5.41) is 3.75. The summed E-state index contributed by atoms with van der Waals surface area (Å²) >= 11 is 3.56. The number of hydrazine groups is 1. The molecule has 0 bridgehead atoms. The van der Waals surface area contributed by atoms with Crippen LogP contribution in [0.3, 0.4) is 0 Å². The number of fused-ring (bicyclic) bond motifs is 1. The van der Waals surface area contributed by atoms with E-state index in [1.165, 1.54) is 43.2 Å². The molecule has 1 atom stereocenters. The monoisotopic (exact) mass is 469 g/mol. The number of carbonyl (C=O) groups is 1. The first-order chi connectivity index (χ1) is 14.5. The molecule has 3 N–H and O–H groups in total. The summed E-state index contributed by atoms with van der Waals surface area (Å²) < 4.78 is 1.07. The fraction of sp³-hybridized carbons (Fsp3) is 0.480. The number of hydrogen-bond donors (Lipinski definition) is 3. The van der Waals surface area contributed by atoms with Crippen LogP contribution < -0.4 is 16.2 Å². The molecule has 0 radical (unpaired) electrons. The van der Waals surface area contributed by atoms with Gasteiger partial charge in [0.15, 0.2) is 5.78 Å². The van der Waals surface area contributed by atoms with Gasteiger partial charge in [-0.15, -0.1) is 0 Å². The highest BCUT2D eigenvalue weighted by atomic mass is 79.9. The van der Waals surface area contributed by atoms with Crippen LogP contribution in [0.1, 0.15) is 84.2 Å². The van der Waals surface area contributed by atoms with Gasteiger partial charge in [0.25, 0.3) is 0 Å². The number of halogens is 1. The van der Waals surface area contributed by atoms with Gasteiger partial charge in [0.1, 0.15) is 6.17 Å². The largest absolute Gasteiger partial charge is 0.319 e. The van der Waals surface area contributed by atoms with Crippen molar-refractivity contribution in [3.63, 3.8) is 0 Å². The molecule has 2 aliphatic rings. The van der Waals surface area contributed by atoms with Gasteiger partial charge in [-0.2, -0.15) is 0 Å². The maximum Gasteiger partial charge on any atom is 0.163 e. The van der Waals surface area contributed by atoms with Crippen LogP contribution in [0.5, 0.6) is 0 Å². The Morgan fingerprint density at radius 2 is 1.93 bits per heavy atom. The Bertz CT molecular complexity index is 921. The molecule has 4 rings (SSSR count). The molecule has 160 valence electrons. The molecular formula is C25H32BrN3O. The van der Waals surface area contributed by atoms with Gasteiger partial charge in [0.2, 0.25) is 0 Å². The Balaban J connectivity index is 1.48. The average Bonchev–Trinajstić information content (AvgIpc) is 3.13. The molecule has 5 heteroatoms. The van der Waals surface area contributed by atoms with Crippen LogP contribution in [-0.2, 0) is 12.8 Å². The number of ketones is 1. The Morgan fingerprint density at radius 3 is 2.70 bits per heavy atom. The first-order valence-electron chi connectivity index (χ1n) is 11.3. The van der Waals surface area contributed by atoms with Crippen molar-refractivity contribution in [3.05, 3.63) is 62.6 Å². The molecule has 1 fully saturated rings. The van der Waals surface area contributed by atoms with Gasteiger partial charge in [-0.05, 0) is 73.6 Å². The van der Waals surface area contributed by atoms with Crippen molar-refractivity contribution in [1.82, 2.24) is 10.7 Å². The number of hydrogen-bond acceptors (Lipinski definition) is 4. The third-order valence-electron chi connectivity index (χ3n) is 6.54. The highest BCUT2D eigenvalue weighted by Crippen LogP contribution is 2.32. The lowest BCUT2D eigenvalue weighted by Crippen LogP contribution is -2.40. The van der Waals surface area contributed by atoms with Crippen LogP contribution in [0.25, 0.3) is 0 Å². The second-order valence-corrected chi connectivity index (χ2v) is 9.56. The summed E-state index contributed by atoms with van der Waals surface area (Å²) in [7, 11) is 0. The minimum atomic E-state index is 0.0621. The molecule has 0 spiro atoms. The Kier molecular flexibility index (Phi) is 6.91. The second-order valence-electron chi connectivity index (χ2n) is 8.65. The molecule has 1 aliphatic heterocycles. The van der Waals surface area contributed by atoms with Crippen LogP contribution in [0.15, 0.2) is 34.8 Å². The lowest BCUT2D eigenvalue weighted by molar-refractivity contribution is 0.0982. The second kappa shape index (κ2) is 9.63. The number of Topliss-reactive ketones (excluding diaryl/α,β-unsaturated/α-hetero) is 1. The number of aryl methyl sites for hydroxylation is 3. The van der Waals surface area contributed by atoms with Crippen molar-refractivity contribution in [2.45, 2.75) is 77.4 Å². The Morgan fingerprint density at radius 1 is 1.13 bits per heavy atom. The molecule has 4 nitrogen and oxygen atoms in total. The summed E-state index contributed by atoms with van der Waals surface area (Å²) in [6, 6.07) is 11.1. The lowest BCUT2D eigenvalue weighted by atomic mass is 9.93. The Labute approximate surface area is 188 Å². The van der Waals surface area contributed by atoms with Crippen molar-refractivity contribution < 1.29 is 4.79 Å². The Hall–Kier alpha value is -1.69. The number of anilines is 1. The molecule has 0 aromatic heterocycles. The van der Waals surface area contributed by atoms with E-state index in [1.807, 2.05) is 6.92 Å². The van der Waals surface area contributed by atoms with E-state index < -0.39 is 0 Å². The quantitative estimate of drug-likeness (QED) is 0.436. The summed E-state index contributed by atoms with van der Waals surface area (Å²) in [6.45, 7) is 4.20. The summed E-state index contributed by atoms with van der Waals surface area (Å²) in [5.74, 6) is 0.223. The van der Waals surface area contributed by atoms with E-state index in [1.54, 1.807) is 0 Å². The van der Waals surface area contributed by atoms with Crippen LogP contribution in [0.4, 0.5) is 5.69 Å². The van der Waals surface area contributed by atoms with Gasteiger partial charge in [0.05, 0.1) is 5.69 Å². The molecule has 2 aromatic rings. The van der Waals surface area contributed by atoms with Gasteiger partial charge in [-0.25, -0.2) is 5.43 Å². The standard InChI is InChI=1S/C25H32BrN3O/c1-3-17-9-11-19(26)14-18(17)10-12-24(30)21-15-22-23(13-16(21)2)28-29-25(22)27-20-7-5-4-6-8-20/h9,11,13-15,20,25,27-29H,3-8,10,12H2,1-2H3. The van der Waals surface area contributed by atoms with Crippen LogP contribution in [0, 0.1) is 6.92 Å². The molecular weight excluding hydrogens is 438 g/mol. The molecule has 1 aliphatic carbocycles. The fourth-order valence-electron chi connectivity index (χ4n) is 4.79. The van der Waals surface area contributed by atoms with E-state index in [4.69, 9.17) is 0 Å². The molecule has 1 unspecified atom stereocenters. The summed E-state index contributed by atoms with van der Waals surface area (Å²) in [5.41, 5.74) is 13.4. The number of rotatable bonds is 7. The summed E-state index contributed by atoms with van der Waals surface area (Å²) in [4.78, 5) is 13.1. The topological polar surface area (TPSA) is 53.2 Å². The molecule has 1 heterocycles. The number of nitrogens with one attached hydrogen (secondary N) is 3. The fourth-order valence-corrected chi connectivity index (χ4v) is 5.20. The molecule has 0 saturated heterocycles. The van der Waals surface area contributed by atoms with Crippen molar-refractivity contribution in [3.8, 4) is 0 Å².